The van der Waals surface area contributed by atoms with E-state index in [9.17, 15) is 0 Å². The molecule has 3 heteroatoms. The van der Waals surface area contributed by atoms with Crippen molar-refractivity contribution in [2.24, 2.45) is 0 Å². The number of benzene rings is 1. The zero-order valence-corrected chi connectivity index (χ0v) is 10.6. The van der Waals surface area contributed by atoms with Crippen LogP contribution in [0.4, 0.5) is 0 Å². The van der Waals surface area contributed by atoms with E-state index in [0.717, 1.165) is 22.2 Å². The van der Waals surface area contributed by atoms with Gasteiger partial charge in [-0.25, -0.2) is 4.98 Å². The van der Waals surface area contributed by atoms with Crippen LogP contribution in [0.3, 0.4) is 0 Å². The first kappa shape index (κ1) is 10.3. The quantitative estimate of drug-likeness (QED) is 0.755. The van der Waals surface area contributed by atoms with Crippen LogP contribution < -0.4 is 0 Å². The largest absolute Gasteiger partial charge is 0.241 e. The molecule has 1 aliphatic carbocycles. The molecular formula is C13H12ClNS. The van der Waals surface area contributed by atoms with Gasteiger partial charge in [-0.3, -0.25) is 0 Å². The molecule has 0 saturated heterocycles. The van der Waals surface area contributed by atoms with Gasteiger partial charge in [-0.2, -0.15) is 0 Å². The third-order valence-electron chi connectivity index (χ3n) is 2.84. The van der Waals surface area contributed by atoms with E-state index >= 15 is 0 Å². The molecule has 3 rings (SSSR count). The van der Waals surface area contributed by atoms with Crippen LogP contribution in [0.15, 0.2) is 24.3 Å². The predicted molar refractivity (Wildman–Crippen MR) is 69.3 cm³/mol. The Morgan fingerprint density at radius 2 is 2.19 bits per heavy atom. The number of thiazole rings is 1. The maximum Gasteiger partial charge on any atom is 0.0966 e. The topological polar surface area (TPSA) is 12.9 Å². The van der Waals surface area contributed by atoms with E-state index in [2.05, 4.69) is 13.0 Å². The minimum atomic E-state index is 0.733. The summed E-state index contributed by atoms with van der Waals surface area (Å²) in [7, 11) is 0. The number of hydrogen-bond acceptors (Lipinski definition) is 2. The second-order valence-electron chi connectivity index (χ2n) is 4.24. The Morgan fingerprint density at radius 1 is 1.38 bits per heavy atom. The molecule has 0 N–H and O–H groups in total. The molecule has 16 heavy (non-hydrogen) atoms. The molecule has 1 aromatic carbocycles. The SMILES string of the molecule is Cc1sc(C2CC2)nc1-c1cccc(Cl)c1. The zero-order chi connectivity index (χ0) is 11.1. The van der Waals surface area contributed by atoms with Gasteiger partial charge in [0.05, 0.1) is 10.7 Å². The van der Waals surface area contributed by atoms with E-state index in [1.807, 2.05) is 29.5 Å². The van der Waals surface area contributed by atoms with Gasteiger partial charge in [-0.15, -0.1) is 11.3 Å². The van der Waals surface area contributed by atoms with E-state index in [1.165, 1.54) is 22.7 Å². The van der Waals surface area contributed by atoms with E-state index < -0.39 is 0 Å². The number of hydrogen-bond donors (Lipinski definition) is 0. The molecular weight excluding hydrogens is 238 g/mol. The van der Waals surface area contributed by atoms with E-state index in [-0.39, 0.29) is 0 Å². The van der Waals surface area contributed by atoms with Crippen molar-refractivity contribution in [3.05, 3.63) is 39.2 Å². The first-order valence-corrected chi connectivity index (χ1v) is 6.67. The van der Waals surface area contributed by atoms with Gasteiger partial charge in [-0.1, -0.05) is 23.7 Å². The lowest BCUT2D eigenvalue weighted by Crippen LogP contribution is -1.81. The van der Waals surface area contributed by atoms with Gasteiger partial charge in [0.15, 0.2) is 0 Å². The molecule has 0 spiro atoms. The first-order chi connectivity index (χ1) is 7.74. The summed E-state index contributed by atoms with van der Waals surface area (Å²) in [4.78, 5) is 6.04. The van der Waals surface area contributed by atoms with Crippen LogP contribution in [-0.2, 0) is 0 Å². The van der Waals surface area contributed by atoms with Crippen molar-refractivity contribution in [3.8, 4) is 11.3 Å². The second-order valence-corrected chi connectivity index (χ2v) is 5.91. The Kier molecular flexibility index (Phi) is 2.49. The molecule has 0 unspecified atom stereocenters. The Hall–Kier alpha value is -0.860. The van der Waals surface area contributed by atoms with Crippen LogP contribution in [-0.4, -0.2) is 4.98 Å². The highest BCUT2D eigenvalue weighted by atomic mass is 35.5. The molecule has 0 amide bonds. The van der Waals surface area contributed by atoms with Crippen molar-refractivity contribution in [2.75, 3.05) is 0 Å². The standard InChI is InChI=1S/C13H12ClNS/c1-8-12(10-3-2-4-11(14)7-10)15-13(16-8)9-5-6-9/h2-4,7,9H,5-6H2,1H3. The van der Waals surface area contributed by atoms with Crippen LogP contribution in [0, 0.1) is 6.92 Å². The number of halogens is 1. The Balaban J connectivity index is 2.04. The molecule has 1 aromatic heterocycles. The van der Waals surface area contributed by atoms with Crippen molar-refractivity contribution in [3.63, 3.8) is 0 Å². The van der Waals surface area contributed by atoms with Gasteiger partial charge in [0.1, 0.15) is 0 Å². The normalized spacial score (nSPS) is 15.4. The van der Waals surface area contributed by atoms with Crippen LogP contribution in [0.1, 0.15) is 28.6 Å². The molecule has 0 radical (unpaired) electrons. The Labute approximate surface area is 104 Å². The maximum atomic E-state index is 6.00. The van der Waals surface area contributed by atoms with Crippen molar-refractivity contribution in [2.45, 2.75) is 25.7 Å². The molecule has 1 saturated carbocycles. The molecule has 1 heterocycles. The monoisotopic (exact) mass is 249 g/mol. The second kappa shape index (κ2) is 3.86. The molecule has 1 aliphatic rings. The van der Waals surface area contributed by atoms with Gasteiger partial charge in [0, 0.05) is 21.4 Å². The molecule has 0 bridgehead atoms. The minimum Gasteiger partial charge on any atom is -0.241 e. The summed E-state index contributed by atoms with van der Waals surface area (Å²) >= 11 is 7.84. The predicted octanol–water partition coefficient (Wildman–Crippen LogP) is 4.65. The highest BCUT2D eigenvalue weighted by Crippen LogP contribution is 2.44. The number of rotatable bonds is 2. The molecule has 82 valence electrons. The summed E-state index contributed by atoms with van der Waals surface area (Å²) in [6.07, 6.45) is 2.61. The Morgan fingerprint density at radius 3 is 2.88 bits per heavy atom. The van der Waals surface area contributed by atoms with Crippen molar-refractivity contribution >= 4 is 22.9 Å². The minimum absolute atomic E-state index is 0.733. The van der Waals surface area contributed by atoms with Gasteiger partial charge >= 0.3 is 0 Å². The number of aromatic nitrogens is 1. The van der Waals surface area contributed by atoms with Crippen molar-refractivity contribution in [1.29, 1.82) is 0 Å². The van der Waals surface area contributed by atoms with E-state index in [1.54, 1.807) is 0 Å². The fourth-order valence-corrected chi connectivity index (χ4v) is 3.13. The lowest BCUT2D eigenvalue weighted by atomic mass is 10.1. The fourth-order valence-electron chi connectivity index (χ4n) is 1.83. The van der Waals surface area contributed by atoms with Gasteiger partial charge < -0.3 is 0 Å². The molecule has 0 aliphatic heterocycles. The summed E-state index contributed by atoms with van der Waals surface area (Å²) in [6.45, 7) is 2.14. The first-order valence-electron chi connectivity index (χ1n) is 5.47. The van der Waals surface area contributed by atoms with E-state index in [4.69, 9.17) is 16.6 Å². The van der Waals surface area contributed by atoms with Crippen molar-refractivity contribution in [1.82, 2.24) is 4.98 Å². The molecule has 0 atom stereocenters. The van der Waals surface area contributed by atoms with Gasteiger partial charge in [0.25, 0.3) is 0 Å². The Bertz CT molecular complexity index is 528. The smallest absolute Gasteiger partial charge is 0.0966 e. The van der Waals surface area contributed by atoms with E-state index in [0.29, 0.717) is 0 Å². The molecule has 2 aromatic rings. The van der Waals surface area contributed by atoms with Crippen LogP contribution in [0.2, 0.25) is 5.02 Å². The number of aryl methyl sites for hydroxylation is 1. The molecule has 1 fully saturated rings. The molecule has 1 nitrogen and oxygen atoms in total. The average molecular weight is 250 g/mol. The summed E-state index contributed by atoms with van der Waals surface area (Å²) in [5.41, 5.74) is 2.24. The van der Waals surface area contributed by atoms with Crippen LogP contribution in [0.5, 0.6) is 0 Å². The van der Waals surface area contributed by atoms with Gasteiger partial charge in [0.2, 0.25) is 0 Å². The average Bonchev–Trinajstić information content (AvgIpc) is 3.02. The lowest BCUT2D eigenvalue weighted by Gasteiger charge is -1.98. The number of nitrogens with zero attached hydrogens (tertiary/aromatic N) is 1. The van der Waals surface area contributed by atoms with Crippen molar-refractivity contribution < 1.29 is 0 Å². The summed E-state index contributed by atoms with van der Waals surface area (Å²) < 4.78 is 0. The summed E-state index contributed by atoms with van der Waals surface area (Å²) in [5.74, 6) is 0.733. The van der Waals surface area contributed by atoms with Crippen LogP contribution in [0.25, 0.3) is 11.3 Å². The third-order valence-corrected chi connectivity index (χ3v) is 4.21. The third kappa shape index (κ3) is 1.87. The maximum absolute atomic E-state index is 6.00. The van der Waals surface area contributed by atoms with Crippen LogP contribution >= 0.6 is 22.9 Å². The highest BCUT2D eigenvalue weighted by Gasteiger charge is 2.27. The summed E-state index contributed by atoms with van der Waals surface area (Å²) in [6, 6.07) is 7.94. The summed E-state index contributed by atoms with van der Waals surface area (Å²) in [5, 5.41) is 2.07. The fraction of sp³-hybridized carbons (Fsp3) is 0.308. The zero-order valence-electron chi connectivity index (χ0n) is 9.03. The lowest BCUT2D eigenvalue weighted by molar-refractivity contribution is 1.08. The van der Waals surface area contributed by atoms with Gasteiger partial charge in [-0.05, 0) is 31.9 Å². The highest BCUT2D eigenvalue weighted by molar-refractivity contribution is 7.12.